The van der Waals surface area contributed by atoms with Crippen LogP contribution in [0.3, 0.4) is 0 Å². The Morgan fingerprint density at radius 2 is 2.12 bits per heavy atom. The van der Waals surface area contributed by atoms with E-state index in [1.54, 1.807) is 0 Å². The summed E-state index contributed by atoms with van der Waals surface area (Å²) in [4.78, 5) is 9.52. The largest absolute Gasteiger partial charge is 0.490 e. The van der Waals surface area contributed by atoms with E-state index in [0.717, 1.165) is 19.0 Å². The van der Waals surface area contributed by atoms with Crippen molar-refractivity contribution >= 4 is 17.4 Å². The molecule has 0 unspecified atom stereocenters. The van der Waals surface area contributed by atoms with Gasteiger partial charge in [-0.25, -0.2) is 9.37 Å². The molecule has 5 nitrogen and oxygen atoms in total. The normalized spacial score (nSPS) is 17.6. The van der Waals surface area contributed by atoms with Crippen LogP contribution >= 0.6 is 11.6 Å². The third-order valence-electron chi connectivity index (χ3n) is 3.82. The molecule has 1 aliphatic rings. The summed E-state index contributed by atoms with van der Waals surface area (Å²) in [5, 5.41) is 0.0381. The minimum absolute atomic E-state index is 0.0381. The third kappa shape index (κ3) is 3.87. The predicted octanol–water partition coefficient (Wildman–Crippen LogP) is 3.72. The summed E-state index contributed by atoms with van der Waals surface area (Å²) in [6.45, 7) is 3.74. The second-order valence-corrected chi connectivity index (χ2v) is 5.86. The van der Waals surface area contributed by atoms with Gasteiger partial charge in [-0.1, -0.05) is 12.1 Å². The average Bonchev–Trinajstić information content (AvgIpc) is 2.59. The van der Waals surface area contributed by atoms with E-state index in [9.17, 15) is 4.39 Å². The number of piperidine rings is 1. The highest BCUT2D eigenvalue weighted by Gasteiger charge is 2.25. The second kappa shape index (κ2) is 7.66. The zero-order valence-electron chi connectivity index (χ0n) is 13.4. The minimum atomic E-state index is -0.477. The first kappa shape index (κ1) is 16.8. The fourth-order valence-corrected chi connectivity index (χ4v) is 2.92. The molecule has 1 fully saturated rings. The van der Waals surface area contributed by atoms with E-state index < -0.39 is 5.82 Å². The summed E-state index contributed by atoms with van der Waals surface area (Å²) in [5.74, 6) is 1.16. The number of hydrogen-bond acceptors (Lipinski definition) is 5. The molecule has 2 aromatic rings. The Kier molecular flexibility index (Phi) is 5.35. The van der Waals surface area contributed by atoms with Gasteiger partial charge < -0.3 is 14.4 Å². The summed E-state index contributed by atoms with van der Waals surface area (Å²) in [6, 6.07) is 7.57. The Morgan fingerprint density at radius 1 is 1.33 bits per heavy atom. The van der Waals surface area contributed by atoms with Crippen molar-refractivity contribution in [2.24, 2.45) is 0 Å². The quantitative estimate of drug-likeness (QED) is 0.768. The number of aromatic nitrogens is 2. The zero-order valence-corrected chi connectivity index (χ0v) is 14.2. The number of ether oxygens (including phenoxy) is 2. The van der Waals surface area contributed by atoms with Crippen molar-refractivity contribution in [3.63, 3.8) is 0 Å². The number of anilines is 1. The monoisotopic (exact) mass is 351 g/mol. The molecule has 7 heteroatoms. The van der Waals surface area contributed by atoms with Crippen molar-refractivity contribution in [3.05, 3.63) is 41.6 Å². The zero-order chi connectivity index (χ0) is 16.9. The number of nitrogens with zero attached hydrogens (tertiary/aromatic N) is 3. The van der Waals surface area contributed by atoms with Gasteiger partial charge >= 0.3 is 0 Å². The van der Waals surface area contributed by atoms with Crippen molar-refractivity contribution in [2.75, 3.05) is 24.6 Å². The van der Waals surface area contributed by atoms with Gasteiger partial charge in [-0.2, -0.15) is 4.98 Å². The van der Waals surface area contributed by atoms with Crippen molar-refractivity contribution in [1.82, 2.24) is 9.97 Å². The molecule has 0 aliphatic carbocycles. The molecule has 1 aromatic heterocycles. The summed E-state index contributed by atoms with van der Waals surface area (Å²) in [5.41, 5.74) is 0. The van der Waals surface area contributed by atoms with Crippen LogP contribution in [0, 0.1) is 5.82 Å². The van der Waals surface area contributed by atoms with Crippen LogP contribution in [0.25, 0.3) is 0 Å². The van der Waals surface area contributed by atoms with Gasteiger partial charge in [0.25, 0.3) is 0 Å². The molecular formula is C17H19ClFN3O2. The molecule has 24 heavy (non-hydrogen) atoms. The lowest BCUT2D eigenvalue weighted by Gasteiger charge is -2.34. The van der Waals surface area contributed by atoms with E-state index >= 15 is 0 Å². The highest BCUT2D eigenvalue weighted by Crippen LogP contribution is 2.30. The Hall–Kier alpha value is -2.08. The van der Waals surface area contributed by atoms with Crippen LogP contribution in [0.5, 0.6) is 11.5 Å². The molecule has 1 aliphatic heterocycles. The number of hydrogen-bond donors (Lipinski definition) is 0. The summed E-state index contributed by atoms with van der Waals surface area (Å²) >= 11 is 5.79. The van der Waals surface area contributed by atoms with Gasteiger partial charge in [0.2, 0.25) is 5.28 Å². The fraction of sp³-hybridized carbons (Fsp3) is 0.412. The van der Waals surface area contributed by atoms with E-state index in [-0.39, 0.29) is 17.2 Å². The van der Waals surface area contributed by atoms with Crippen molar-refractivity contribution in [1.29, 1.82) is 0 Å². The fourth-order valence-electron chi connectivity index (χ4n) is 2.79. The van der Waals surface area contributed by atoms with E-state index in [1.165, 1.54) is 0 Å². The number of halogens is 2. The second-order valence-electron chi connectivity index (χ2n) is 5.52. The van der Waals surface area contributed by atoms with Crippen LogP contribution in [0.1, 0.15) is 19.8 Å². The number of para-hydroxylation sites is 2. The highest BCUT2D eigenvalue weighted by molar-refractivity contribution is 6.28. The average molecular weight is 352 g/mol. The van der Waals surface area contributed by atoms with E-state index in [2.05, 4.69) is 9.97 Å². The molecule has 1 aromatic carbocycles. The minimum Gasteiger partial charge on any atom is -0.490 e. The highest BCUT2D eigenvalue weighted by atomic mass is 35.5. The Labute approximate surface area is 145 Å². The first-order valence-electron chi connectivity index (χ1n) is 7.99. The maximum Gasteiger partial charge on any atom is 0.224 e. The number of benzene rings is 1. The van der Waals surface area contributed by atoms with Crippen molar-refractivity contribution < 1.29 is 13.9 Å². The first-order chi connectivity index (χ1) is 11.7. The maximum atomic E-state index is 14.0. The lowest BCUT2D eigenvalue weighted by molar-refractivity contribution is 0.169. The molecule has 0 N–H and O–H groups in total. The van der Waals surface area contributed by atoms with Gasteiger partial charge in [0.1, 0.15) is 6.10 Å². The van der Waals surface area contributed by atoms with Crippen LogP contribution in [0.4, 0.5) is 10.2 Å². The lowest BCUT2D eigenvalue weighted by Crippen LogP contribution is -2.42. The van der Waals surface area contributed by atoms with Crippen LogP contribution < -0.4 is 14.4 Å². The van der Waals surface area contributed by atoms with Crippen molar-refractivity contribution in [2.45, 2.75) is 25.9 Å². The molecule has 1 atom stereocenters. The maximum absolute atomic E-state index is 14.0. The molecule has 0 radical (unpaired) electrons. The van der Waals surface area contributed by atoms with E-state index in [1.807, 2.05) is 36.1 Å². The van der Waals surface area contributed by atoms with Crippen LogP contribution in [-0.4, -0.2) is 35.8 Å². The third-order valence-corrected chi connectivity index (χ3v) is 4.00. The topological polar surface area (TPSA) is 47.5 Å². The Morgan fingerprint density at radius 3 is 2.92 bits per heavy atom. The van der Waals surface area contributed by atoms with Crippen LogP contribution in [0.15, 0.2) is 30.5 Å². The van der Waals surface area contributed by atoms with E-state index in [4.69, 9.17) is 21.1 Å². The van der Waals surface area contributed by atoms with Gasteiger partial charge in [0, 0.05) is 6.54 Å². The molecule has 0 bridgehead atoms. The Balaban J connectivity index is 1.73. The predicted molar refractivity (Wildman–Crippen MR) is 90.5 cm³/mol. The van der Waals surface area contributed by atoms with Gasteiger partial charge in [-0.15, -0.1) is 0 Å². The van der Waals surface area contributed by atoms with Crippen LogP contribution in [0.2, 0.25) is 5.28 Å². The smallest absolute Gasteiger partial charge is 0.224 e. The molecule has 0 saturated carbocycles. The SMILES string of the molecule is CCOc1ccccc1O[C@@H]1CCCN(c2nc(Cl)ncc2F)C1. The molecule has 2 heterocycles. The summed E-state index contributed by atoms with van der Waals surface area (Å²) in [6.07, 6.45) is 2.79. The van der Waals surface area contributed by atoms with Crippen molar-refractivity contribution in [3.8, 4) is 11.5 Å². The van der Waals surface area contributed by atoms with Crippen LogP contribution in [-0.2, 0) is 0 Å². The molecule has 3 rings (SSSR count). The van der Waals surface area contributed by atoms with Gasteiger partial charge in [0.05, 0.1) is 19.3 Å². The molecular weight excluding hydrogens is 333 g/mol. The molecule has 1 saturated heterocycles. The molecule has 0 spiro atoms. The van der Waals surface area contributed by atoms with Gasteiger partial charge in [-0.05, 0) is 43.5 Å². The first-order valence-corrected chi connectivity index (χ1v) is 8.36. The van der Waals surface area contributed by atoms with E-state index in [0.29, 0.717) is 31.2 Å². The molecule has 0 amide bonds. The lowest BCUT2D eigenvalue weighted by atomic mass is 10.1. The Bertz CT molecular complexity index is 701. The summed E-state index contributed by atoms with van der Waals surface area (Å²) in [7, 11) is 0. The standard InChI is InChI=1S/C17H19ClFN3O2/c1-2-23-14-7-3-4-8-15(14)24-12-6-5-9-22(11-12)16-13(19)10-20-17(18)21-16/h3-4,7-8,10,12H,2,5-6,9,11H2,1H3/t12-/m1/s1. The molecule has 128 valence electrons. The number of rotatable bonds is 5. The summed E-state index contributed by atoms with van der Waals surface area (Å²) < 4.78 is 25.7. The van der Waals surface area contributed by atoms with Gasteiger partial charge in [-0.3, -0.25) is 0 Å². The van der Waals surface area contributed by atoms with Gasteiger partial charge in [0.15, 0.2) is 23.1 Å².